The zero-order valence-electron chi connectivity index (χ0n) is 16.8. The van der Waals surface area contributed by atoms with Crippen LogP contribution in [0.15, 0.2) is 24.3 Å². The van der Waals surface area contributed by atoms with Crippen LogP contribution in [0.3, 0.4) is 0 Å². The predicted octanol–water partition coefficient (Wildman–Crippen LogP) is 0.733. The third kappa shape index (κ3) is 6.54. The first-order valence-corrected chi connectivity index (χ1v) is 10.1. The van der Waals surface area contributed by atoms with Gasteiger partial charge in [-0.15, -0.1) is 0 Å². The van der Waals surface area contributed by atoms with Crippen LogP contribution in [0.2, 0.25) is 0 Å². The predicted molar refractivity (Wildman–Crippen MR) is 107 cm³/mol. The van der Waals surface area contributed by atoms with Crippen molar-refractivity contribution in [3.05, 3.63) is 24.3 Å². The van der Waals surface area contributed by atoms with E-state index in [0.29, 0.717) is 13.2 Å². The maximum Gasteiger partial charge on any atom is 0.317 e. The van der Waals surface area contributed by atoms with Gasteiger partial charge < -0.3 is 24.4 Å². The Labute approximate surface area is 167 Å². The van der Waals surface area contributed by atoms with Crippen LogP contribution in [0.25, 0.3) is 0 Å². The fourth-order valence-corrected chi connectivity index (χ4v) is 3.39. The molecule has 0 spiro atoms. The van der Waals surface area contributed by atoms with Gasteiger partial charge in [0.2, 0.25) is 0 Å². The Kier molecular flexibility index (Phi) is 8.20. The van der Waals surface area contributed by atoms with E-state index in [1.54, 1.807) is 7.11 Å². The molecular formula is C20H32N4O4. The van der Waals surface area contributed by atoms with E-state index in [9.17, 15) is 4.79 Å². The number of carbonyl (C=O) groups excluding carboxylic acids is 1. The minimum absolute atomic E-state index is 0.00819. The average Bonchev–Trinajstić information content (AvgIpc) is 2.76. The van der Waals surface area contributed by atoms with Crippen molar-refractivity contribution >= 4 is 6.03 Å². The highest BCUT2D eigenvalue weighted by atomic mass is 16.5. The summed E-state index contributed by atoms with van der Waals surface area (Å²) in [5.74, 6) is 1.56. The van der Waals surface area contributed by atoms with Crippen LogP contribution in [0, 0.1) is 0 Å². The number of piperazine rings is 1. The molecule has 1 aromatic rings. The van der Waals surface area contributed by atoms with Gasteiger partial charge in [-0.3, -0.25) is 9.80 Å². The fraction of sp³-hybridized carbons (Fsp3) is 0.650. The molecule has 8 nitrogen and oxygen atoms in total. The maximum absolute atomic E-state index is 12.3. The van der Waals surface area contributed by atoms with Crippen molar-refractivity contribution < 1.29 is 19.0 Å². The maximum atomic E-state index is 12.3. The largest absolute Gasteiger partial charge is 0.497 e. The normalized spacial score (nSPS) is 18.7. The molecule has 8 heteroatoms. The summed E-state index contributed by atoms with van der Waals surface area (Å²) in [6.45, 7) is 10.2. The van der Waals surface area contributed by atoms with Gasteiger partial charge in [0.1, 0.15) is 18.1 Å². The molecule has 2 heterocycles. The summed E-state index contributed by atoms with van der Waals surface area (Å²) in [4.78, 5) is 19.1. The molecule has 2 fully saturated rings. The van der Waals surface area contributed by atoms with E-state index >= 15 is 0 Å². The summed E-state index contributed by atoms with van der Waals surface area (Å²) in [7, 11) is 1.63. The Morgan fingerprint density at radius 2 is 1.57 bits per heavy atom. The minimum atomic E-state index is -0.00819. The number of benzene rings is 1. The summed E-state index contributed by atoms with van der Waals surface area (Å²) in [5.41, 5.74) is 0. The van der Waals surface area contributed by atoms with Gasteiger partial charge in [0.05, 0.1) is 26.9 Å². The fourth-order valence-electron chi connectivity index (χ4n) is 3.39. The molecule has 28 heavy (non-hydrogen) atoms. The van der Waals surface area contributed by atoms with Gasteiger partial charge in [-0.25, -0.2) is 4.79 Å². The Morgan fingerprint density at radius 3 is 2.21 bits per heavy atom. The van der Waals surface area contributed by atoms with Gasteiger partial charge in [0, 0.05) is 52.4 Å². The first-order chi connectivity index (χ1) is 13.7. The molecule has 0 aromatic heterocycles. The number of hydrogen-bond acceptors (Lipinski definition) is 6. The SMILES string of the molecule is COc1ccc(OCCNC(=O)N2CCN(CCN3CCOCC3)CC2)cc1. The third-order valence-electron chi connectivity index (χ3n) is 5.20. The first-order valence-electron chi connectivity index (χ1n) is 10.1. The van der Waals surface area contributed by atoms with Gasteiger partial charge in [-0.1, -0.05) is 0 Å². The zero-order chi connectivity index (χ0) is 19.6. The highest BCUT2D eigenvalue weighted by molar-refractivity contribution is 5.74. The lowest BCUT2D eigenvalue weighted by Crippen LogP contribution is -2.53. The Balaban J connectivity index is 1.26. The molecule has 0 unspecified atom stereocenters. The lowest BCUT2D eigenvalue weighted by Gasteiger charge is -2.36. The molecule has 0 saturated carbocycles. The first kappa shape index (κ1) is 20.7. The average molecular weight is 393 g/mol. The number of urea groups is 1. The smallest absolute Gasteiger partial charge is 0.317 e. The van der Waals surface area contributed by atoms with E-state index in [0.717, 1.165) is 77.1 Å². The molecule has 0 aliphatic carbocycles. The molecule has 3 rings (SSSR count). The van der Waals surface area contributed by atoms with Crippen LogP contribution in [0.5, 0.6) is 11.5 Å². The number of ether oxygens (including phenoxy) is 3. The van der Waals surface area contributed by atoms with Crippen molar-refractivity contribution in [2.24, 2.45) is 0 Å². The van der Waals surface area contributed by atoms with E-state index in [2.05, 4.69) is 15.1 Å². The second-order valence-electron chi connectivity index (χ2n) is 7.04. The van der Waals surface area contributed by atoms with Crippen LogP contribution in [0.4, 0.5) is 4.79 Å². The molecule has 1 aromatic carbocycles. The number of methoxy groups -OCH3 is 1. The molecule has 0 bridgehead atoms. The minimum Gasteiger partial charge on any atom is -0.497 e. The molecule has 156 valence electrons. The van der Waals surface area contributed by atoms with Gasteiger partial charge in [-0.2, -0.15) is 0 Å². The van der Waals surface area contributed by atoms with Crippen LogP contribution in [-0.4, -0.2) is 107 Å². The second-order valence-corrected chi connectivity index (χ2v) is 7.04. The Morgan fingerprint density at radius 1 is 0.964 bits per heavy atom. The van der Waals surface area contributed by atoms with E-state index < -0.39 is 0 Å². The van der Waals surface area contributed by atoms with E-state index in [4.69, 9.17) is 14.2 Å². The van der Waals surface area contributed by atoms with Crippen LogP contribution in [-0.2, 0) is 4.74 Å². The quantitative estimate of drug-likeness (QED) is 0.658. The number of carbonyl (C=O) groups is 1. The summed E-state index contributed by atoms with van der Waals surface area (Å²) in [6.07, 6.45) is 0. The van der Waals surface area contributed by atoms with Crippen molar-refractivity contribution in [2.75, 3.05) is 85.8 Å². The molecule has 0 radical (unpaired) electrons. The summed E-state index contributed by atoms with van der Waals surface area (Å²) >= 11 is 0. The number of hydrogen-bond donors (Lipinski definition) is 1. The highest BCUT2D eigenvalue weighted by Crippen LogP contribution is 2.16. The van der Waals surface area contributed by atoms with Crippen molar-refractivity contribution in [3.63, 3.8) is 0 Å². The van der Waals surface area contributed by atoms with Crippen LogP contribution in [0.1, 0.15) is 0 Å². The lowest BCUT2D eigenvalue weighted by atomic mass is 10.3. The van der Waals surface area contributed by atoms with E-state index in [1.807, 2.05) is 29.2 Å². The molecule has 1 N–H and O–H groups in total. The summed E-state index contributed by atoms with van der Waals surface area (Å²) in [6, 6.07) is 7.41. The Hall–Kier alpha value is -2.03. The zero-order valence-corrected chi connectivity index (χ0v) is 16.8. The van der Waals surface area contributed by atoms with Crippen molar-refractivity contribution in [3.8, 4) is 11.5 Å². The number of amides is 2. The highest BCUT2D eigenvalue weighted by Gasteiger charge is 2.21. The summed E-state index contributed by atoms with van der Waals surface area (Å²) in [5, 5.41) is 2.94. The van der Waals surface area contributed by atoms with Gasteiger partial charge in [0.15, 0.2) is 0 Å². The van der Waals surface area contributed by atoms with E-state index in [-0.39, 0.29) is 6.03 Å². The third-order valence-corrected chi connectivity index (χ3v) is 5.20. The topological polar surface area (TPSA) is 66.5 Å². The number of rotatable bonds is 8. The molecule has 2 amide bonds. The summed E-state index contributed by atoms with van der Waals surface area (Å²) < 4.78 is 16.1. The van der Waals surface area contributed by atoms with Crippen molar-refractivity contribution in [1.82, 2.24) is 20.0 Å². The lowest BCUT2D eigenvalue weighted by molar-refractivity contribution is 0.0309. The Bertz CT molecular complexity index is 584. The van der Waals surface area contributed by atoms with Crippen molar-refractivity contribution in [2.45, 2.75) is 0 Å². The van der Waals surface area contributed by atoms with Crippen LogP contribution >= 0.6 is 0 Å². The van der Waals surface area contributed by atoms with Gasteiger partial charge >= 0.3 is 6.03 Å². The van der Waals surface area contributed by atoms with Crippen molar-refractivity contribution in [1.29, 1.82) is 0 Å². The monoisotopic (exact) mass is 392 g/mol. The molecule has 2 saturated heterocycles. The van der Waals surface area contributed by atoms with Gasteiger partial charge in [-0.05, 0) is 24.3 Å². The molecule has 2 aliphatic rings. The number of nitrogens with one attached hydrogen (secondary N) is 1. The van der Waals surface area contributed by atoms with Gasteiger partial charge in [0.25, 0.3) is 0 Å². The second kappa shape index (κ2) is 11.1. The van der Waals surface area contributed by atoms with Crippen LogP contribution < -0.4 is 14.8 Å². The number of nitrogens with zero attached hydrogens (tertiary/aromatic N) is 3. The molecule has 2 aliphatic heterocycles. The molecular weight excluding hydrogens is 360 g/mol. The number of morpholine rings is 1. The standard InChI is InChI=1S/C20H32N4O4/c1-26-18-2-4-19(5-3-18)28-15-6-21-20(25)24-11-9-22(10-12-24)7-8-23-13-16-27-17-14-23/h2-5H,6-17H2,1H3,(H,21,25). The van der Waals surface area contributed by atoms with E-state index in [1.165, 1.54) is 0 Å². The molecule has 0 atom stereocenters.